The summed E-state index contributed by atoms with van der Waals surface area (Å²) in [5.74, 6) is 0.576. The van der Waals surface area contributed by atoms with E-state index in [0.29, 0.717) is 23.6 Å². The summed E-state index contributed by atoms with van der Waals surface area (Å²) in [5, 5.41) is 5.65. The van der Waals surface area contributed by atoms with Crippen LogP contribution in [0.3, 0.4) is 0 Å². The van der Waals surface area contributed by atoms with Gasteiger partial charge < -0.3 is 4.74 Å². The molecule has 0 aliphatic carbocycles. The maximum Gasteiger partial charge on any atom is 0.186 e. The minimum atomic E-state index is -0.0943. The molecule has 0 aliphatic rings. The summed E-state index contributed by atoms with van der Waals surface area (Å²) >= 11 is 1.25. The van der Waals surface area contributed by atoms with Crippen molar-refractivity contribution >= 4 is 23.4 Å². The van der Waals surface area contributed by atoms with Gasteiger partial charge in [-0.2, -0.15) is 0 Å². The highest BCUT2D eigenvalue weighted by Crippen LogP contribution is 2.16. The number of ketones is 1. The number of nitrogens with zero attached hydrogens (tertiary/aromatic N) is 2. The van der Waals surface area contributed by atoms with Crippen LogP contribution in [-0.4, -0.2) is 15.4 Å². The highest BCUT2D eigenvalue weighted by molar-refractivity contribution is 7.03. The highest BCUT2D eigenvalue weighted by Gasteiger charge is 2.04. The summed E-state index contributed by atoms with van der Waals surface area (Å²) in [6.07, 6.45) is 3.15. The van der Waals surface area contributed by atoms with Gasteiger partial charge in [0, 0.05) is 10.9 Å². The fourth-order valence-electron chi connectivity index (χ4n) is 1.98. The normalized spacial score (nSPS) is 10.8. The van der Waals surface area contributed by atoms with Gasteiger partial charge in [0.1, 0.15) is 12.4 Å². The second kappa shape index (κ2) is 7.47. The Kier molecular flexibility index (Phi) is 4.91. The number of carbonyl (C=O) groups excluding carboxylic acids is 1. The molecule has 0 bridgehead atoms. The molecule has 0 unspecified atom stereocenters. The Labute approximate surface area is 138 Å². The van der Waals surface area contributed by atoms with Crippen LogP contribution in [0.4, 0.5) is 0 Å². The van der Waals surface area contributed by atoms with E-state index in [-0.39, 0.29) is 5.78 Å². The quantitative estimate of drug-likeness (QED) is 0.508. The van der Waals surface area contributed by atoms with E-state index in [1.807, 2.05) is 42.5 Å². The zero-order valence-corrected chi connectivity index (χ0v) is 13.1. The van der Waals surface area contributed by atoms with Crippen LogP contribution in [0.1, 0.15) is 21.6 Å². The SMILES string of the molecule is O=C(/C=C\c1csnn1)c1cccc(OCc2ccccc2)c1. The smallest absolute Gasteiger partial charge is 0.186 e. The van der Waals surface area contributed by atoms with Crippen LogP contribution in [0.15, 0.2) is 66.1 Å². The van der Waals surface area contributed by atoms with Crippen LogP contribution in [0.5, 0.6) is 5.75 Å². The van der Waals surface area contributed by atoms with Crippen molar-refractivity contribution in [3.8, 4) is 5.75 Å². The maximum atomic E-state index is 12.2. The molecule has 0 radical (unpaired) electrons. The van der Waals surface area contributed by atoms with Crippen LogP contribution in [0.2, 0.25) is 0 Å². The second-order valence-corrected chi connectivity index (χ2v) is 5.44. The van der Waals surface area contributed by atoms with E-state index >= 15 is 0 Å². The van der Waals surface area contributed by atoms with Crippen molar-refractivity contribution in [2.45, 2.75) is 6.61 Å². The minimum absolute atomic E-state index is 0.0943. The lowest BCUT2D eigenvalue weighted by atomic mass is 10.1. The third kappa shape index (κ3) is 4.34. The predicted octanol–water partition coefficient (Wildman–Crippen LogP) is 4.01. The van der Waals surface area contributed by atoms with E-state index < -0.39 is 0 Å². The molecule has 5 heteroatoms. The molecule has 1 aromatic heterocycles. The summed E-state index contributed by atoms with van der Waals surface area (Å²) in [6, 6.07) is 17.1. The predicted molar refractivity (Wildman–Crippen MR) is 90.5 cm³/mol. The molecular weight excluding hydrogens is 308 g/mol. The van der Waals surface area contributed by atoms with Crippen LogP contribution >= 0.6 is 11.5 Å². The molecule has 0 spiro atoms. The van der Waals surface area contributed by atoms with E-state index in [0.717, 1.165) is 5.56 Å². The van der Waals surface area contributed by atoms with E-state index in [1.165, 1.54) is 17.6 Å². The zero-order valence-electron chi connectivity index (χ0n) is 12.3. The number of allylic oxidation sites excluding steroid dienone is 1. The first kappa shape index (κ1) is 15.1. The van der Waals surface area contributed by atoms with Gasteiger partial charge in [-0.05, 0) is 41.4 Å². The third-order valence-electron chi connectivity index (χ3n) is 3.15. The molecule has 0 N–H and O–H groups in total. The number of rotatable bonds is 6. The van der Waals surface area contributed by atoms with Crippen molar-refractivity contribution in [2.75, 3.05) is 0 Å². The summed E-state index contributed by atoms with van der Waals surface area (Å²) in [4.78, 5) is 12.2. The number of hydrogen-bond acceptors (Lipinski definition) is 5. The molecular formula is C18H14N2O2S. The van der Waals surface area contributed by atoms with Crippen LogP contribution in [0.25, 0.3) is 6.08 Å². The minimum Gasteiger partial charge on any atom is -0.489 e. The van der Waals surface area contributed by atoms with Gasteiger partial charge in [0.2, 0.25) is 0 Å². The Balaban J connectivity index is 1.66. The molecule has 0 saturated heterocycles. The van der Waals surface area contributed by atoms with E-state index in [1.54, 1.807) is 23.6 Å². The van der Waals surface area contributed by atoms with Crippen LogP contribution in [0, 0.1) is 0 Å². The van der Waals surface area contributed by atoms with Gasteiger partial charge in [-0.3, -0.25) is 4.79 Å². The van der Waals surface area contributed by atoms with E-state index in [9.17, 15) is 4.79 Å². The number of benzene rings is 2. The molecule has 0 atom stereocenters. The van der Waals surface area contributed by atoms with Crippen molar-refractivity contribution in [1.82, 2.24) is 9.59 Å². The topological polar surface area (TPSA) is 52.1 Å². The second-order valence-electron chi connectivity index (χ2n) is 4.83. The van der Waals surface area contributed by atoms with Gasteiger partial charge in [-0.15, -0.1) is 5.10 Å². The molecule has 2 aromatic carbocycles. The fourth-order valence-corrected chi connectivity index (χ4v) is 2.40. The first-order valence-corrected chi connectivity index (χ1v) is 7.91. The summed E-state index contributed by atoms with van der Waals surface area (Å²) < 4.78 is 9.49. The zero-order chi connectivity index (χ0) is 15.9. The van der Waals surface area contributed by atoms with Crippen molar-refractivity contribution in [1.29, 1.82) is 0 Å². The molecule has 0 amide bonds. The summed E-state index contributed by atoms with van der Waals surface area (Å²) in [5.41, 5.74) is 2.34. The molecule has 0 aliphatic heterocycles. The Hall–Kier alpha value is -2.79. The fraction of sp³-hybridized carbons (Fsp3) is 0.0556. The lowest BCUT2D eigenvalue weighted by Gasteiger charge is -2.07. The Morgan fingerprint density at radius 2 is 2.00 bits per heavy atom. The largest absolute Gasteiger partial charge is 0.489 e. The molecule has 3 rings (SSSR count). The highest BCUT2D eigenvalue weighted by atomic mass is 32.1. The molecule has 0 fully saturated rings. The average molecular weight is 322 g/mol. The van der Waals surface area contributed by atoms with Crippen LogP contribution in [-0.2, 0) is 6.61 Å². The van der Waals surface area contributed by atoms with E-state index in [2.05, 4.69) is 9.59 Å². The van der Waals surface area contributed by atoms with Gasteiger partial charge in [0.05, 0.1) is 5.69 Å². The van der Waals surface area contributed by atoms with Crippen molar-refractivity contribution in [3.63, 3.8) is 0 Å². The van der Waals surface area contributed by atoms with Crippen molar-refractivity contribution in [3.05, 3.63) is 82.9 Å². The molecule has 23 heavy (non-hydrogen) atoms. The lowest BCUT2D eigenvalue weighted by molar-refractivity contribution is 0.104. The number of carbonyl (C=O) groups is 1. The summed E-state index contributed by atoms with van der Waals surface area (Å²) in [6.45, 7) is 0.471. The molecule has 0 saturated carbocycles. The maximum absolute atomic E-state index is 12.2. The number of aromatic nitrogens is 2. The van der Waals surface area contributed by atoms with E-state index in [4.69, 9.17) is 4.74 Å². The summed E-state index contributed by atoms with van der Waals surface area (Å²) in [7, 11) is 0. The molecule has 4 nitrogen and oxygen atoms in total. The van der Waals surface area contributed by atoms with Gasteiger partial charge in [0.25, 0.3) is 0 Å². The molecule has 3 aromatic rings. The van der Waals surface area contributed by atoms with Crippen LogP contribution < -0.4 is 4.74 Å². The number of hydrogen-bond donors (Lipinski definition) is 0. The standard InChI is InChI=1S/C18H14N2O2S/c21-18(10-9-16-13-23-20-19-16)15-7-4-8-17(11-15)22-12-14-5-2-1-3-6-14/h1-11,13H,12H2/b10-9-. The Morgan fingerprint density at radius 1 is 1.13 bits per heavy atom. The Morgan fingerprint density at radius 3 is 2.78 bits per heavy atom. The van der Waals surface area contributed by atoms with Gasteiger partial charge in [-0.1, -0.05) is 47.0 Å². The van der Waals surface area contributed by atoms with Crippen molar-refractivity contribution < 1.29 is 9.53 Å². The monoisotopic (exact) mass is 322 g/mol. The van der Waals surface area contributed by atoms with Gasteiger partial charge in [-0.25, -0.2) is 0 Å². The lowest BCUT2D eigenvalue weighted by Crippen LogP contribution is -1.98. The molecule has 114 valence electrons. The average Bonchev–Trinajstić information content (AvgIpc) is 3.12. The third-order valence-corrected chi connectivity index (χ3v) is 3.67. The number of ether oxygens (including phenoxy) is 1. The first-order valence-electron chi connectivity index (χ1n) is 7.07. The Bertz CT molecular complexity index is 799. The van der Waals surface area contributed by atoms with Gasteiger partial charge in [0.15, 0.2) is 5.78 Å². The first-order chi connectivity index (χ1) is 11.3. The molecule has 1 heterocycles. The van der Waals surface area contributed by atoms with Crippen molar-refractivity contribution in [2.24, 2.45) is 0 Å². The van der Waals surface area contributed by atoms with Gasteiger partial charge >= 0.3 is 0 Å².